The fourth-order valence-corrected chi connectivity index (χ4v) is 4.24. The Morgan fingerprint density at radius 1 is 1.15 bits per heavy atom. The molecule has 1 atom stereocenters. The third-order valence-corrected chi connectivity index (χ3v) is 5.67. The van der Waals surface area contributed by atoms with Gasteiger partial charge in [0, 0.05) is 52.7 Å². The van der Waals surface area contributed by atoms with Crippen molar-refractivity contribution in [2.24, 2.45) is 0 Å². The SMILES string of the molecule is CN1Cc2c(Cl)cc(Cl)cc2C(c2cccc(NC(=O)c3ccncc3)c2)C1.O=CC(F)(F)F. The van der Waals surface area contributed by atoms with Gasteiger partial charge in [0.1, 0.15) is 0 Å². The Bertz CT molecular complexity index is 1170. The lowest BCUT2D eigenvalue weighted by Gasteiger charge is -2.33. The fourth-order valence-electron chi connectivity index (χ4n) is 3.67. The van der Waals surface area contributed by atoms with Gasteiger partial charge < -0.3 is 10.2 Å². The average Bonchev–Trinajstić information content (AvgIpc) is 2.80. The zero-order valence-electron chi connectivity index (χ0n) is 17.9. The van der Waals surface area contributed by atoms with E-state index in [0.29, 0.717) is 15.6 Å². The number of nitrogens with one attached hydrogen (secondary N) is 1. The van der Waals surface area contributed by atoms with Crippen LogP contribution in [0.4, 0.5) is 18.9 Å². The smallest absolute Gasteiger partial charge is 0.322 e. The van der Waals surface area contributed by atoms with E-state index in [-0.39, 0.29) is 11.8 Å². The van der Waals surface area contributed by atoms with Crippen LogP contribution < -0.4 is 5.32 Å². The minimum absolute atomic E-state index is 0.128. The topological polar surface area (TPSA) is 62.3 Å². The van der Waals surface area contributed by atoms with Crippen LogP contribution in [0.25, 0.3) is 0 Å². The second kappa shape index (κ2) is 11.0. The van der Waals surface area contributed by atoms with Crippen LogP contribution in [0, 0.1) is 0 Å². The molecule has 0 bridgehead atoms. The van der Waals surface area contributed by atoms with Crippen LogP contribution in [0.1, 0.15) is 33.0 Å². The second-order valence-corrected chi connectivity index (χ2v) is 8.52. The molecule has 0 aliphatic carbocycles. The van der Waals surface area contributed by atoms with Crippen molar-refractivity contribution in [3.63, 3.8) is 0 Å². The molecule has 1 aliphatic rings. The Hall–Kier alpha value is -2.94. The molecule has 178 valence electrons. The molecule has 10 heteroatoms. The first-order valence-electron chi connectivity index (χ1n) is 10.1. The molecule has 3 aromatic rings. The molecule has 1 N–H and O–H groups in total. The summed E-state index contributed by atoms with van der Waals surface area (Å²) in [5.41, 5.74) is 4.69. The zero-order valence-corrected chi connectivity index (χ0v) is 19.5. The number of rotatable bonds is 3. The van der Waals surface area contributed by atoms with Gasteiger partial charge in [-0.05, 0) is 60.1 Å². The summed E-state index contributed by atoms with van der Waals surface area (Å²) in [5.74, 6) is -0.0328. The summed E-state index contributed by atoms with van der Waals surface area (Å²) >= 11 is 12.7. The molecule has 0 saturated carbocycles. The average molecular weight is 510 g/mol. The number of benzene rings is 2. The van der Waals surface area contributed by atoms with Crippen molar-refractivity contribution in [3.05, 3.63) is 93.2 Å². The second-order valence-electron chi connectivity index (χ2n) is 7.68. The van der Waals surface area contributed by atoms with Gasteiger partial charge in [-0.15, -0.1) is 0 Å². The first kappa shape index (κ1) is 25.7. The number of nitrogens with zero attached hydrogens (tertiary/aromatic N) is 2. The number of likely N-dealkylation sites (N-methyl/N-ethyl adjacent to an activating group) is 1. The number of fused-ring (bicyclic) bond motifs is 1. The van der Waals surface area contributed by atoms with Gasteiger partial charge in [-0.2, -0.15) is 13.2 Å². The molecule has 1 aromatic heterocycles. The van der Waals surface area contributed by atoms with Crippen LogP contribution in [-0.4, -0.2) is 41.8 Å². The molecule has 1 amide bonds. The van der Waals surface area contributed by atoms with Crippen molar-refractivity contribution in [1.29, 1.82) is 0 Å². The number of hydrogen-bond acceptors (Lipinski definition) is 4. The molecule has 5 nitrogen and oxygen atoms in total. The maximum Gasteiger partial charge on any atom is 0.446 e. The van der Waals surface area contributed by atoms with E-state index in [1.807, 2.05) is 24.3 Å². The lowest BCUT2D eigenvalue weighted by Crippen LogP contribution is -2.31. The standard InChI is InChI=1S/C22H19Cl2N3O.C2HF3O/c1-27-12-19(18-10-16(23)11-21(24)20(18)13-27)15-3-2-4-17(9-15)26-22(28)14-5-7-25-8-6-14;3-2(4,5)1-6/h2-11,19H,12-13H2,1H3,(H,26,28);1H. The first-order valence-corrected chi connectivity index (χ1v) is 10.8. The minimum Gasteiger partial charge on any atom is -0.322 e. The first-order chi connectivity index (χ1) is 16.1. The number of aldehydes is 1. The van der Waals surface area contributed by atoms with Crippen LogP contribution in [0.5, 0.6) is 0 Å². The van der Waals surface area contributed by atoms with Gasteiger partial charge in [-0.25, -0.2) is 0 Å². The van der Waals surface area contributed by atoms with Crippen LogP contribution in [0.15, 0.2) is 60.9 Å². The van der Waals surface area contributed by atoms with Crippen LogP contribution in [0.2, 0.25) is 10.0 Å². The number of aromatic nitrogens is 1. The maximum atomic E-state index is 12.5. The molecule has 34 heavy (non-hydrogen) atoms. The van der Waals surface area contributed by atoms with Gasteiger partial charge in [-0.1, -0.05) is 35.3 Å². The highest BCUT2D eigenvalue weighted by molar-refractivity contribution is 6.35. The number of amides is 1. The van der Waals surface area contributed by atoms with E-state index in [1.54, 1.807) is 30.6 Å². The number of halogens is 5. The Morgan fingerprint density at radius 2 is 1.82 bits per heavy atom. The quantitative estimate of drug-likeness (QED) is 0.442. The monoisotopic (exact) mass is 509 g/mol. The van der Waals surface area contributed by atoms with E-state index in [2.05, 4.69) is 28.3 Å². The summed E-state index contributed by atoms with van der Waals surface area (Å²) in [7, 11) is 2.08. The van der Waals surface area contributed by atoms with Gasteiger partial charge in [0.25, 0.3) is 5.91 Å². The Morgan fingerprint density at radius 3 is 2.47 bits per heavy atom. The van der Waals surface area contributed by atoms with Crippen molar-refractivity contribution in [2.45, 2.75) is 18.6 Å². The predicted molar refractivity (Wildman–Crippen MR) is 125 cm³/mol. The summed E-state index contributed by atoms with van der Waals surface area (Å²) < 4.78 is 31.2. The molecule has 0 radical (unpaired) electrons. The van der Waals surface area contributed by atoms with Crippen molar-refractivity contribution >= 4 is 41.1 Å². The molecular weight excluding hydrogens is 490 g/mol. The molecule has 4 rings (SSSR count). The molecule has 2 heterocycles. The zero-order chi connectivity index (χ0) is 24.9. The Labute approximate surface area is 204 Å². The lowest BCUT2D eigenvalue weighted by molar-refractivity contribution is -0.156. The summed E-state index contributed by atoms with van der Waals surface area (Å²) in [5, 5.41) is 4.30. The van der Waals surface area contributed by atoms with Crippen LogP contribution in [0.3, 0.4) is 0 Å². The van der Waals surface area contributed by atoms with Gasteiger partial charge in [0.2, 0.25) is 6.29 Å². The number of hydrogen-bond donors (Lipinski definition) is 1. The third-order valence-electron chi connectivity index (χ3n) is 5.12. The molecule has 0 spiro atoms. The van der Waals surface area contributed by atoms with Gasteiger partial charge >= 0.3 is 6.18 Å². The highest BCUT2D eigenvalue weighted by Crippen LogP contribution is 2.38. The molecule has 0 saturated heterocycles. The number of anilines is 1. The van der Waals surface area contributed by atoms with E-state index in [9.17, 15) is 18.0 Å². The Balaban J connectivity index is 0.000000481. The molecule has 0 fully saturated rings. The van der Waals surface area contributed by atoms with Gasteiger partial charge in [-0.3, -0.25) is 14.6 Å². The summed E-state index contributed by atoms with van der Waals surface area (Å²) in [6, 6.07) is 15.1. The largest absolute Gasteiger partial charge is 0.446 e. The highest BCUT2D eigenvalue weighted by atomic mass is 35.5. The Kier molecular flexibility index (Phi) is 8.30. The lowest BCUT2D eigenvalue weighted by atomic mass is 9.84. The fraction of sp³-hybridized carbons (Fsp3) is 0.208. The van der Waals surface area contributed by atoms with E-state index < -0.39 is 12.5 Å². The molecular formula is C24H20Cl2F3N3O2. The summed E-state index contributed by atoms with van der Waals surface area (Å²) in [6.45, 7) is 1.64. The third kappa shape index (κ3) is 6.79. The van der Waals surface area contributed by atoms with Crippen LogP contribution in [-0.2, 0) is 11.3 Å². The maximum absolute atomic E-state index is 12.5. The van der Waals surface area contributed by atoms with Crippen molar-refractivity contribution in [3.8, 4) is 0 Å². The van der Waals surface area contributed by atoms with Crippen molar-refractivity contribution in [2.75, 3.05) is 18.9 Å². The van der Waals surface area contributed by atoms with E-state index >= 15 is 0 Å². The number of alkyl halides is 3. The van der Waals surface area contributed by atoms with Crippen LogP contribution >= 0.6 is 23.2 Å². The van der Waals surface area contributed by atoms with Crippen molar-refractivity contribution < 1.29 is 22.8 Å². The normalized spacial score (nSPS) is 15.5. The number of carbonyl (C=O) groups excluding carboxylic acids is 2. The highest BCUT2D eigenvalue weighted by Gasteiger charge is 2.27. The van der Waals surface area contributed by atoms with Gasteiger partial charge in [0.15, 0.2) is 0 Å². The van der Waals surface area contributed by atoms with E-state index in [0.717, 1.165) is 35.5 Å². The number of carbonyl (C=O) groups is 2. The summed E-state index contributed by atoms with van der Waals surface area (Å²) in [6.07, 6.45) is -2.49. The summed E-state index contributed by atoms with van der Waals surface area (Å²) in [4.78, 5) is 27.4. The number of pyridine rings is 1. The predicted octanol–water partition coefficient (Wildman–Crippen LogP) is 5.97. The molecule has 2 aromatic carbocycles. The van der Waals surface area contributed by atoms with Crippen molar-refractivity contribution in [1.82, 2.24) is 9.88 Å². The van der Waals surface area contributed by atoms with E-state index in [1.165, 1.54) is 0 Å². The molecule has 1 unspecified atom stereocenters. The van der Waals surface area contributed by atoms with Gasteiger partial charge in [0.05, 0.1) is 0 Å². The van der Waals surface area contributed by atoms with E-state index in [4.69, 9.17) is 28.0 Å². The minimum atomic E-state index is -4.64. The molecule has 1 aliphatic heterocycles.